The molecule has 0 saturated heterocycles. The van der Waals surface area contributed by atoms with Crippen molar-refractivity contribution in [3.8, 4) is 5.75 Å². The molecule has 0 fully saturated rings. The summed E-state index contributed by atoms with van der Waals surface area (Å²) in [5.74, 6) is -1.53. The van der Waals surface area contributed by atoms with Crippen LogP contribution >= 0.6 is 11.6 Å². The van der Waals surface area contributed by atoms with Crippen LogP contribution < -0.4 is 10.5 Å². The first-order valence-electron chi connectivity index (χ1n) is 6.40. The summed E-state index contributed by atoms with van der Waals surface area (Å²) >= 11 is 5.99. The first kappa shape index (κ1) is 14.3. The lowest BCUT2D eigenvalue weighted by atomic mass is 9.83. The van der Waals surface area contributed by atoms with Crippen molar-refractivity contribution in [1.82, 2.24) is 0 Å². The van der Waals surface area contributed by atoms with Gasteiger partial charge in [-0.15, -0.1) is 0 Å². The van der Waals surface area contributed by atoms with E-state index in [0.717, 1.165) is 0 Å². The van der Waals surface area contributed by atoms with Gasteiger partial charge < -0.3 is 10.5 Å². The van der Waals surface area contributed by atoms with Crippen molar-refractivity contribution in [2.24, 2.45) is 0 Å². The Morgan fingerprint density at radius 2 is 1.64 bits per heavy atom. The third-order valence-electron chi connectivity index (χ3n) is 3.40. The van der Waals surface area contributed by atoms with Crippen molar-refractivity contribution >= 4 is 34.8 Å². The van der Waals surface area contributed by atoms with E-state index in [1.807, 2.05) is 0 Å². The maximum atomic E-state index is 12.7. The smallest absolute Gasteiger partial charge is 0.308 e. The van der Waals surface area contributed by atoms with Gasteiger partial charge in [0.15, 0.2) is 11.6 Å². The Hall–Kier alpha value is -2.66. The van der Waals surface area contributed by atoms with E-state index in [1.54, 1.807) is 24.3 Å². The van der Waals surface area contributed by atoms with Crippen LogP contribution in [0.2, 0.25) is 5.02 Å². The Morgan fingerprint density at radius 3 is 2.18 bits per heavy atom. The highest BCUT2D eigenvalue weighted by atomic mass is 35.5. The molecule has 0 aromatic heterocycles. The van der Waals surface area contributed by atoms with E-state index in [1.165, 1.54) is 13.0 Å². The van der Waals surface area contributed by atoms with Crippen molar-refractivity contribution in [2.75, 3.05) is 5.73 Å². The van der Waals surface area contributed by atoms with E-state index in [0.29, 0.717) is 0 Å². The molecule has 1 aliphatic rings. The minimum Gasteiger partial charge on any atom is -0.426 e. The normalized spacial score (nSPS) is 12.6. The fourth-order valence-electron chi connectivity index (χ4n) is 2.49. The largest absolute Gasteiger partial charge is 0.426 e. The van der Waals surface area contributed by atoms with Gasteiger partial charge in [-0.3, -0.25) is 14.4 Å². The van der Waals surface area contributed by atoms with Gasteiger partial charge in [-0.25, -0.2) is 0 Å². The van der Waals surface area contributed by atoms with Gasteiger partial charge in [0.2, 0.25) is 0 Å². The van der Waals surface area contributed by atoms with Gasteiger partial charge in [0.25, 0.3) is 0 Å². The summed E-state index contributed by atoms with van der Waals surface area (Å²) < 4.78 is 5.03. The second-order valence-corrected chi connectivity index (χ2v) is 5.22. The number of esters is 1. The van der Waals surface area contributed by atoms with Crippen molar-refractivity contribution in [2.45, 2.75) is 6.92 Å². The van der Waals surface area contributed by atoms with Gasteiger partial charge in [0.1, 0.15) is 5.75 Å². The lowest BCUT2D eigenvalue weighted by molar-refractivity contribution is -0.131. The maximum absolute atomic E-state index is 12.7. The average molecular weight is 316 g/mol. The number of hydrogen-bond acceptors (Lipinski definition) is 5. The molecule has 3 rings (SSSR count). The Morgan fingerprint density at radius 1 is 1.09 bits per heavy atom. The highest BCUT2D eigenvalue weighted by Gasteiger charge is 2.35. The van der Waals surface area contributed by atoms with Crippen LogP contribution in [0.15, 0.2) is 30.3 Å². The minimum absolute atomic E-state index is 0.000391. The van der Waals surface area contributed by atoms with Gasteiger partial charge in [0.05, 0.1) is 21.8 Å². The monoisotopic (exact) mass is 315 g/mol. The molecule has 22 heavy (non-hydrogen) atoms. The summed E-state index contributed by atoms with van der Waals surface area (Å²) in [6, 6.07) is 7.67. The number of nitrogen functional groups attached to an aromatic ring is 1. The second kappa shape index (κ2) is 4.96. The zero-order valence-corrected chi connectivity index (χ0v) is 12.2. The molecule has 0 aliphatic heterocycles. The number of halogens is 1. The Labute approximate surface area is 130 Å². The van der Waals surface area contributed by atoms with Gasteiger partial charge >= 0.3 is 5.97 Å². The standard InChI is InChI=1S/C16H10ClNO4/c1-7(19)22-11-6-10(17)14(18)13-12(11)15(20)8-4-2-3-5-9(8)16(13)21/h2-6H,18H2,1H3. The summed E-state index contributed by atoms with van der Waals surface area (Å²) in [4.78, 5) is 36.5. The molecule has 6 heteroatoms. The molecule has 0 atom stereocenters. The van der Waals surface area contributed by atoms with E-state index in [4.69, 9.17) is 22.1 Å². The van der Waals surface area contributed by atoms with Crippen LogP contribution in [-0.2, 0) is 4.79 Å². The molecule has 0 unspecified atom stereocenters. The highest BCUT2D eigenvalue weighted by Crippen LogP contribution is 2.40. The van der Waals surface area contributed by atoms with Crippen molar-refractivity contribution in [1.29, 1.82) is 0 Å². The summed E-state index contributed by atoms with van der Waals surface area (Å²) in [5.41, 5.74) is 6.32. The van der Waals surface area contributed by atoms with Gasteiger partial charge in [-0.05, 0) is 0 Å². The van der Waals surface area contributed by atoms with Gasteiger partial charge in [0, 0.05) is 24.1 Å². The molecule has 110 valence electrons. The number of carbonyl (C=O) groups excluding carboxylic acids is 3. The number of anilines is 1. The first-order chi connectivity index (χ1) is 10.4. The van der Waals surface area contributed by atoms with Crippen LogP contribution in [0.3, 0.4) is 0 Å². The third kappa shape index (κ3) is 1.98. The lowest BCUT2D eigenvalue weighted by Crippen LogP contribution is -2.24. The molecule has 5 nitrogen and oxygen atoms in total. The van der Waals surface area contributed by atoms with Crippen molar-refractivity contribution in [3.05, 3.63) is 57.6 Å². The fourth-order valence-corrected chi connectivity index (χ4v) is 2.68. The van der Waals surface area contributed by atoms with Gasteiger partial charge in [-0.2, -0.15) is 0 Å². The number of ether oxygens (including phenoxy) is 1. The molecule has 2 aromatic rings. The minimum atomic E-state index is -0.623. The number of rotatable bonds is 1. The van der Waals surface area contributed by atoms with Crippen LogP contribution in [0.5, 0.6) is 5.75 Å². The number of benzene rings is 2. The number of fused-ring (bicyclic) bond motifs is 2. The fraction of sp³-hybridized carbons (Fsp3) is 0.0625. The zero-order chi connectivity index (χ0) is 16.0. The average Bonchev–Trinajstić information content (AvgIpc) is 2.47. The quantitative estimate of drug-likeness (QED) is 0.424. The van der Waals surface area contributed by atoms with Crippen molar-refractivity contribution in [3.63, 3.8) is 0 Å². The third-order valence-corrected chi connectivity index (χ3v) is 3.72. The Balaban J connectivity index is 2.36. The lowest BCUT2D eigenvalue weighted by Gasteiger charge is -2.21. The number of hydrogen-bond donors (Lipinski definition) is 1. The van der Waals surface area contributed by atoms with Crippen molar-refractivity contribution < 1.29 is 19.1 Å². The Kier molecular flexibility index (Phi) is 3.22. The molecule has 0 radical (unpaired) electrons. The summed E-state index contributed by atoms with van der Waals surface area (Å²) in [7, 11) is 0. The Bertz CT molecular complexity index is 857. The second-order valence-electron chi connectivity index (χ2n) is 4.82. The topological polar surface area (TPSA) is 86.5 Å². The predicted octanol–water partition coefficient (Wildman–Crippen LogP) is 2.62. The van der Waals surface area contributed by atoms with Crippen LogP contribution in [0.4, 0.5) is 5.69 Å². The molecule has 2 N–H and O–H groups in total. The predicted molar refractivity (Wildman–Crippen MR) is 80.5 cm³/mol. The van der Waals surface area contributed by atoms with E-state index in [-0.39, 0.29) is 38.7 Å². The zero-order valence-electron chi connectivity index (χ0n) is 11.5. The van der Waals surface area contributed by atoms with Crippen LogP contribution in [0.25, 0.3) is 0 Å². The van der Waals surface area contributed by atoms with Crippen LogP contribution in [0, 0.1) is 0 Å². The molecule has 0 heterocycles. The SMILES string of the molecule is CC(=O)Oc1cc(Cl)c(N)c2c1C(=O)c1ccccc1C2=O. The molecule has 0 saturated carbocycles. The maximum Gasteiger partial charge on any atom is 0.308 e. The molecule has 0 spiro atoms. The molecule has 0 bridgehead atoms. The van der Waals surface area contributed by atoms with E-state index >= 15 is 0 Å². The summed E-state index contributed by atoms with van der Waals surface area (Å²) in [6.07, 6.45) is 0. The van der Waals surface area contributed by atoms with Crippen LogP contribution in [0.1, 0.15) is 38.8 Å². The summed E-state index contributed by atoms with van der Waals surface area (Å²) in [6.45, 7) is 1.19. The van der Waals surface area contributed by atoms with E-state index in [2.05, 4.69) is 0 Å². The number of ketones is 2. The number of nitrogens with two attached hydrogens (primary N) is 1. The van der Waals surface area contributed by atoms with Crippen LogP contribution in [-0.4, -0.2) is 17.5 Å². The molecular formula is C16H10ClNO4. The van der Waals surface area contributed by atoms with E-state index in [9.17, 15) is 14.4 Å². The molecule has 0 amide bonds. The van der Waals surface area contributed by atoms with Gasteiger partial charge in [-0.1, -0.05) is 35.9 Å². The highest BCUT2D eigenvalue weighted by molar-refractivity contribution is 6.37. The first-order valence-corrected chi connectivity index (χ1v) is 6.78. The summed E-state index contributed by atoms with van der Waals surface area (Å²) in [5, 5.41) is 0.0514. The number of carbonyl (C=O) groups is 3. The molecular weight excluding hydrogens is 306 g/mol. The molecule has 1 aliphatic carbocycles. The molecule has 2 aromatic carbocycles. The van der Waals surface area contributed by atoms with E-state index < -0.39 is 17.5 Å².